The molecule has 1 atom stereocenters. The van der Waals surface area contributed by atoms with Gasteiger partial charge in [-0.2, -0.15) is 0 Å². The number of nitrogens with zero attached hydrogens (tertiary/aromatic N) is 4. The van der Waals surface area contributed by atoms with E-state index in [1.54, 1.807) is 14.0 Å². The van der Waals surface area contributed by atoms with Gasteiger partial charge in [0, 0.05) is 25.3 Å². The fourth-order valence-corrected chi connectivity index (χ4v) is 5.49. The van der Waals surface area contributed by atoms with Crippen LogP contribution in [0.25, 0.3) is 0 Å². The summed E-state index contributed by atoms with van der Waals surface area (Å²) in [7, 11) is 3.71. The highest BCUT2D eigenvalue weighted by Crippen LogP contribution is 2.45. The largest absolute Gasteiger partial charge is 0.497 e. The molecular weight excluding hydrogens is 452 g/mol. The van der Waals surface area contributed by atoms with Crippen LogP contribution in [-0.4, -0.2) is 78.7 Å². The van der Waals surface area contributed by atoms with Gasteiger partial charge in [0.1, 0.15) is 5.75 Å². The summed E-state index contributed by atoms with van der Waals surface area (Å²) < 4.78 is 10.9. The standard InChI is InChI=1S/C25H32N4O4S/c1-5-33-24(31)22-17(2)26-25-29(23(22)18-8-6-9-20(14-18)32-4)19(16-34-25)15-21(30)28-11-7-10-27(3)12-13-28/h6,8-9,14,16,23H,5,7,10-13,15H2,1-4H3/t23-/m0/s1. The van der Waals surface area contributed by atoms with Gasteiger partial charge in [0.2, 0.25) is 5.91 Å². The third-order valence-electron chi connectivity index (χ3n) is 6.31. The van der Waals surface area contributed by atoms with Gasteiger partial charge in [0.05, 0.1) is 37.4 Å². The molecule has 1 aromatic carbocycles. The van der Waals surface area contributed by atoms with E-state index in [0.717, 1.165) is 49.0 Å². The van der Waals surface area contributed by atoms with Gasteiger partial charge in [-0.1, -0.05) is 23.9 Å². The van der Waals surface area contributed by atoms with E-state index >= 15 is 0 Å². The first kappa shape index (κ1) is 24.3. The van der Waals surface area contributed by atoms with Crippen molar-refractivity contribution in [3.8, 4) is 5.75 Å². The molecule has 1 saturated heterocycles. The maximum Gasteiger partial charge on any atom is 0.338 e. The summed E-state index contributed by atoms with van der Waals surface area (Å²) in [5.41, 5.74) is 2.83. The van der Waals surface area contributed by atoms with Gasteiger partial charge >= 0.3 is 5.97 Å². The van der Waals surface area contributed by atoms with Gasteiger partial charge in [-0.15, -0.1) is 0 Å². The Morgan fingerprint density at radius 1 is 1.21 bits per heavy atom. The normalized spacial score (nSPS) is 21.0. The van der Waals surface area contributed by atoms with Gasteiger partial charge in [-0.25, -0.2) is 9.79 Å². The first-order valence-electron chi connectivity index (χ1n) is 11.6. The van der Waals surface area contributed by atoms with Crippen LogP contribution in [0.1, 0.15) is 38.3 Å². The van der Waals surface area contributed by atoms with Crippen LogP contribution in [0.3, 0.4) is 0 Å². The monoisotopic (exact) mass is 484 g/mol. The van der Waals surface area contributed by atoms with Crippen molar-refractivity contribution in [2.45, 2.75) is 32.7 Å². The number of aliphatic imine (C=N–C) groups is 1. The number of carbonyl (C=O) groups is 2. The molecule has 0 aromatic heterocycles. The second-order valence-corrected chi connectivity index (χ2v) is 9.44. The van der Waals surface area contributed by atoms with Crippen LogP contribution in [0.5, 0.6) is 5.75 Å². The predicted octanol–water partition coefficient (Wildman–Crippen LogP) is 3.39. The summed E-state index contributed by atoms with van der Waals surface area (Å²) in [5.74, 6) is 0.398. The number of fused-ring (bicyclic) bond motifs is 1. The third-order valence-corrected chi connectivity index (χ3v) is 7.20. The van der Waals surface area contributed by atoms with Crippen LogP contribution in [0.2, 0.25) is 0 Å². The smallest absolute Gasteiger partial charge is 0.338 e. The first-order chi connectivity index (χ1) is 16.4. The summed E-state index contributed by atoms with van der Waals surface area (Å²) in [5, 5.41) is 2.74. The van der Waals surface area contributed by atoms with E-state index in [1.165, 1.54) is 11.8 Å². The number of carbonyl (C=O) groups excluding carboxylic acids is 2. The Morgan fingerprint density at radius 3 is 2.79 bits per heavy atom. The molecule has 4 rings (SSSR count). The van der Waals surface area contributed by atoms with Crippen LogP contribution >= 0.6 is 11.8 Å². The molecule has 0 saturated carbocycles. The number of hydrogen-bond donors (Lipinski definition) is 0. The molecule has 0 N–H and O–H groups in total. The number of allylic oxidation sites excluding steroid dienone is 1. The Kier molecular flexibility index (Phi) is 7.63. The lowest BCUT2D eigenvalue weighted by Crippen LogP contribution is -2.39. The summed E-state index contributed by atoms with van der Waals surface area (Å²) in [4.78, 5) is 37.3. The Balaban J connectivity index is 1.67. The van der Waals surface area contributed by atoms with Crippen LogP contribution in [0, 0.1) is 0 Å². The van der Waals surface area contributed by atoms with Crippen molar-refractivity contribution in [3.63, 3.8) is 0 Å². The van der Waals surface area contributed by atoms with Crippen molar-refractivity contribution >= 4 is 28.8 Å². The molecule has 182 valence electrons. The van der Waals surface area contributed by atoms with Gasteiger partial charge in [0.15, 0.2) is 5.17 Å². The third kappa shape index (κ3) is 5.00. The minimum absolute atomic E-state index is 0.0942. The van der Waals surface area contributed by atoms with Crippen LogP contribution in [-0.2, 0) is 14.3 Å². The molecule has 1 fully saturated rings. The number of rotatable bonds is 6. The molecule has 0 aliphatic carbocycles. The van der Waals surface area contributed by atoms with Crippen molar-refractivity contribution in [1.82, 2.24) is 14.7 Å². The van der Waals surface area contributed by atoms with E-state index in [-0.39, 0.29) is 18.9 Å². The SMILES string of the molecule is CCOC(=O)C1=C(C)N=C2SC=C(CC(=O)N3CCCN(C)CC3)N2[C@H]1c1cccc(OC)c1. The highest BCUT2D eigenvalue weighted by molar-refractivity contribution is 8.16. The number of thioether (sulfide) groups is 1. The van der Waals surface area contributed by atoms with Gasteiger partial charge in [0.25, 0.3) is 0 Å². The second-order valence-electron chi connectivity index (χ2n) is 8.60. The molecule has 8 nitrogen and oxygen atoms in total. The lowest BCUT2D eigenvalue weighted by Gasteiger charge is -2.36. The fraction of sp³-hybridized carbons (Fsp3) is 0.480. The molecule has 1 aromatic rings. The minimum atomic E-state index is -0.453. The van der Waals surface area contributed by atoms with Crippen molar-refractivity contribution < 1.29 is 19.1 Å². The highest BCUT2D eigenvalue weighted by Gasteiger charge is 2.41. The summed E-state index contributed by atoms with van der Waals surface area (Å²) in [6, 6.07) is 7.22. The average Bonchev–Trinajstić information content (AvgIpc) is 3.07. The zero-order valence-corrected chi connectivity index (χ0v) is 21.1. The quantitative estimate of drug-likeness (QED) is 0.573. The minimum Gasteiger partial charge on any atom is -0.497 e. The van der Waals surface area contributed by atoms with E-state index in [1.807, 2.05) is 46.4 Å². The zero-order chi connectivity index (χ0) is 24.2. The lowest BCUT2D eigenvalue weighted by molar-refractivity contribution is -0.139. The van der Waals surface area contributed by atoms with Crippen LogP contribution < -0.4 is 4.74 Å². The Morgan fingerprint density at radius 2 is 2.03 bits per heavy atom. The number of esters is 1. The molecule has 0 radical (unpaired) electrons. The van der Waals surface area contributed by atoms with E-state index in [4.69, 9.17) is 14.5 Å². The maximum atomic E-state index is 13.3. The zero-order valence-electron chi connectivity index (χ0n) is 20.2. The van der Waals surface area contributed by atoms with Crippen LogP contribution in [0.15, 0.2) is 51.6 Å². The number of likely N-dealkylation sites (N-methyl/N-ethyl adjacent to an activating group) is 1. The number of benzene rings is 1. The van der Waals surface area contributed by atoms with Crippen molar-refractivity contribution in [3.05, 3.63) is 52.2 Å². The van der Waals surface area contributed by atoms with E-state index in [0.29, 0.717) is 17.0 Å². The molecule has 3 heterocycles. The number of amidine groups is 1. The van der Waals surface area contributed by atoms with E-state index in [2.05, 4.69) is 11.9 Å². The summed E-state index contributed by atoms with van der Waals surface area (Å²) in [6.07, 6.45) is 1.22. The second kappa shape index (κ2) is 10.7. The van der Waals surface area contributed by atoms with Crippen molar-refractivity contribution in [2.75, 3.05) is 46.9 Å². The van der Waals surface area contributed by atoms with Crippen LogP contribution in [0.4, 0.5) is 0 Å². The molecular formula is C25H32N4O4S. The number of hydrogen-bond acceptors (Lipinski definition) is 8. The number of methoxy groups -OCH3 is 1. The fourth-order valence-electron chi connectivity index (χ4n) is 4.53. The van der Waals surface area contributed by atoms with Crippen molar-refractivity contribution in [1.29, 1.82) is 0 Å². The van der Waals surface area contributed by atoms with Gasteiger partial charge in [-0.3, -0.25) is 4.79 Å². The van der Waals surface area contributed by atoms with Gasteiger partial charge in [-0.05, 0) is 57.0 Å². The average molecular weight is 485 g/mol. The van der Waals surface area contributed by atoms with E-state index in [9.17, 15) is 9.59 Å². The predicted molar refractivity (Wildman–Crippen MR) is 133 cm³/mol. The molecule has 0 bridgehead atoms. The molecule has 9 heteroatoms. The molecule has 1 amide bonds. The van der Waals surface area contributed by atoms with Crippen molar-refractivity contribution in [2.24, 2.45) is 4.99 Å². The lowest BCUT2D eigenvalue weighted by atomic mass is 9.93. The molecule has 3 aliphatic heterocycles. The Bertz CT molecular complexity index is 1050. The number of amides is 1. The first-order valence-corrected chi connectivity index (χ1v) is 12.5. The van der Waals surface area contributed by atoms with E-state index < -0.39 is 12.0 Å². The number of ether oxygens (including phenoxy) is 2. The highest BCUT2D eigenvalue weighted by atomic mass is 32.2. The summed E-state index contributed by atoms with van der Waals surface area (Å²) in [6.45, 7) is 7.26. The Hall–Kier alpha value is -2.78. The van der Waals surface area contributed by atoms with Gasteiger partial charge < -0.3 is 24.2 Å². The molecule has 34 heavy (non-hydrogen) atoms. The Labute approximate surface area is 205 Å². The molecule has 0 spiro atoms. The topological polar surface area (TPSA) is 74.7 Å². The maximum absolute atomic E-state index is 13.3. The molecule has 0 unspecified atom stereocenters. The summed E-state index contributed by atoms with van der Waals surface area (Å²) >= 11 is 1.48. The molecule has 3 aliphatic rings.